The van der Waals surface area contributed by atoms with E-state index in [1.54, 1.807) is 0 Å². The van der Waals surface area contributed by atoms with Gasteiger partial charge in [0.15, 0.2) is 0 Å². The summed E-state index contributed by atoms with van der Waals surface area (Å²) in [6, 6.07) is 10.7. The van der Waals surface area contributed by atoms with Gasteiger partial charge in [0, 0.05) is 0 Å². The highest BCUT2D eigenvalue weighted by atomic mass is 32.2. The van der Waals surface area contributed by atoms with Crippen LogP contribution in [0.5, 0.6) is 5.75 Å². The van der Waals surface area contributed by atoms with Gasteiger partial charge in [-0.25, -0.2) is 12.8 Å². The number of benzene rings is 2. The van der Waals surface area contributed by atoms with Crippen LogP contribution in [0.3, 0.4) is 0 Å². The van der Waals surface area contributed by atoms with Crippen molar-refractivity contribution in [2.75, 3.05) is 30.3 Å². The lowest BCUT2D eigenvalue weighted by atomic mass is 10.1. The van der Waals surface area contributed by atoms with Crippen molar-refractivity contribution < 1.29 is 22.3 Å². The lowest BCUT2D eigenvalue weighted by Crippen LogP contribution is -2.41. The maximum Gasteiger partial charge on any atom is 0.240 e. The van der Waals surface area contributed by atoms with Gasteiger partial charge in [-0.05, 0) is 61.4 Å². The summed E-state index contributed by atoms with van der Waals surface area (Å²) in [6.45, 7) is 4.03. The van der Waals surface area contributed by atoms with Gasteiger partial charge in [-0.3, -0.25) is 9.10 Å². The van der Waals surface area contributed by atoms with Gasteiger partial charge < -0.3 is 10.1 Å². The molecule has 0 unspecified atom stereocenters. The number of nitrogens with one attached hydrogen (secondary N) is 1. The maximum atomic E-state index is 13.0. The number of anilines is 1. The van der Waals surface area contributed by atoms with E-state index in [1.807, 2.05) is 32.0 Å². The zero-order valence-electron chi connectivity index (χ0n) is 15.5. The van der Waals surface area contributed by atoms with Crippen LogP contribution in [-0.4, -0.2) is 40.3 Å². The van der Waals surface area contributed by atoms with Crippen molar-refractivity contribution in [3.05, 3.63) is 59.4 Å². The lowest BCUT2D eigenvalue weighted by molar-refractivity contribution is -0.119. The van der Waals surface area contributed by atoms with E-state index in [9.17, 15) is 17.6 Å². The summed E-state index contributed by atoms with van der Waals surface area (Å²) >= 11 is 0. The molecule has 0 aliphatic heterocycles. The summed E-state index contributed by atoms with van der Waals surface area (Å²) in [4.78, 5) is 12.1. The summed E-state index contributed by atoms with van der Waals surface area (Å²) in [5, 5.41) is 2.62. The molecule has 0 saturated heterocycles. The molecule has 0 aromatic heterocycles. The third-order valence-electron chi connectivity index (χ3n) is 3.69. The van der Waals surface area contributed by atoms with Gasteiger partial charge in [-0.2, -0.15) is 0 Å². The van der Waals surface area contributed by atoms with E-state index in [0.29, 0.717) is 5.75 Å². The second kappa shape index (κ2) is 8.85. The molecule has 1 amide bonds. The first-order valence-corrected chi connectivity index (χ1v) is 10.2. The van der Waals surface area contributed by atoms with Crippen LogP contribution in [0.25, 0.3) is 0 Å². The number of rotatable bonds is 8. The van der Waals surface area contributed by atoms with Crippen molar-refractivity contribution >= 4 is 21.6 Å². The van der Waals surface area contributed by atoms with Crippen LogP contribution in [0.4, 0.5) is 10.1 Å². The van der Waals surface area contributed by atoms with Crippen LogP contribution < -0.4 is 14.4 Å². The fraction of sp³-hybridized carbons (Fsp3) is 0.316. The van der Waals surface area contributed by atoms with Gasteiger partial charge in [0.1, 0.15) is 24.7 Å². The quantitative estimate of drug-likeness (QED) is 0.698. The maximum absolute atomic E-state index is 13.0. The SMILES string of the molecule is Cc1cc(C)cc(OCCNC(=O)CN(c2ccc(F)cc2)S(C)(=O)=O)c1. The van der Waals surface area contributed by atoms with Crippen molar-refractivity contribution in [2.45, 2.75) is 13.8 Å². The van der Waals surface area contributed by atoms with Crippen LogP contribution in [0.2, 0.25) is 0 Å². The van der Waals surface area contributed by atoms with Gasteiger partial charge in [0.2, 0.25) is 15.9 Å². The summed E-state index contributed by atoms with van der Waals surface area (Å²) in [6.07, 6.45) is 0.993. The Hall–Kier alpha value is -2.61. The molecule has 146 valence electrons. The molecule has 0 fully saturated rings. The molecule has 0 saturated carbocycles. The van der Waals surface area contributed by atoms with E-state index < -0.39 is 28.3 Å². The van der Waals surface area contributed by atoms with Crippen LogP contribution in [0.15, 0.2) is 42.5 Å². The fourth-order valence-electron chi connectivity index (χ4n) is 2.57. The first-order valence-electron chi connectivity index (χ1n) is 8.36. The third-order valence-corrected chi connectivity index (χ3v) is 4.83. The first kappa shape index (κ1) is 20.7. The number of carbonyl (C=O) groups excluding carboxylic acids is 1. The molecule has 0 bridgehead atoms. The van der Waals surface area contributed by atoms with Gasteiger partial charge in [0.25, 0.3) is 0 Å². The van der Waals surface area contributed by atoms with E-state index in [0.717, 1.165) is 33.8 Å². The van der Waals surface area contributed by atoms with Crippen LogP contribution in [0.1, 0.15) is 11.1 Å². The molecule has 8 heteroatoms. The Morgan fingerprint density at radius 3 is 2.26 bits per heavy atom. The number of halogens is 1. The summed E-state index contributed by atoms with van der Waals surface area (Å²) in [7, 11) is -3.69. The van der Waals surface area contributed by atoms with Crippen molar-refractivity contribution in [1.82, 2.24) is 5.32 Å². The number of aryl methyl sites for hydroxylation is 2. The minimum Gasteiger partial charge on any atom is -0.492 e. The van der Waals surface area contributed by atoms with Crippen LogP contribution in [0, 0.1) is 19.7 Å². The third kappa shape index (κ3) is 6.56. The highest BCUT2D eigenvalue weighted by Crippen LogP contribution is 2.18. The highest BCUT2D eigenvalue weighted by molar-refractivity contribution is 7.92. The van der Waals surface area contributed by atoms with E-state index >= 15 is 0 Å². The Bertz CT molecular complexity index is 878. The molecule has 1 N–H and O–H groups in total. The van der Waals surface area contributed by atoms with Crippen molar-refractivity contribution in [3.8, 4) is 5.75 Å². The van der Waals surface area contributed by atoms with Crippen LogP contribution in [-0.2, 0) is 14.8 Å². The molecular weight excluding hydrogens is 371 g/mol. The second-order valence-corrected chi connectivity index (χ2v) is 8.17. The molecule has 0 atom stereocenters. The number of carbonyl (C=O) groups is 1. The Morgan fingerprint density at radius 1 is 1.11 bits per heavy atom. The summed E-state index contributed by atoms with van der Waals surface area (Å²) in [5.74, 6) is -0.250. The fourth-order valence-corrected chi connectivity index (χ4v) is 3.43. The number of nitrogens with zero attached hydrogens (tertiary/aromatic N) is 1. The Balaban J connectivity index is 1.89. The molecule has 0 radical (unpaired) electrons. The van der Waals surface area contributed by atoms with E-state index in [2.05, 4.69) is 5.32 Å². The largest absolute Gasteiger partial charge is 0.492 e. The molecule has 0 aliphatic rings. The zero-order chi connectivity index (χ0) is 20.0. The van der Waals surface area contributed by atoms with Crippen molar-refractivity contribution in [2.24, 2.45) is 0 Å². The molecular formula is C19H23FN2O4S. The van der Waals surface area contributed by atoms with Crippen LogP contribution >= 0.6 is 0 Å². The molecule has 2 aromatic carbocycles. The Kier molecular flexibility index (Phi) is 6.79. The highest BCUT2D eigenvalue weighted by Gasteiger charge is 2.20. The van der Waals surface area contributed by atoms with Gasteiger partial charge in [0.05, 0.1) is 18.5 Å². The lowest BCUT2D eigenvalue weighted by Gasteiger charge is -2.21. The normalized spacial score (nSPS) is 11.1. The Labute approximate surface area is 159 Å². The van der Waals surface area contributed by atoms with Crippen molar-refractivity contribution in [3.63, 3.8) is 0 Å². The zero-order valence-corrected chi connectivity index (χ0v) is 16.3. The predicted octanol–water partition coefficient (Wildman–Crippen LogP) is 2.40. The smallest absolute Gasteiger partial charge is 0.240 e. The van der Waals surface area contributed by atoms with Crippen molar-refractivity contribution in [1.29, 1.82) is 0 Å². The number of ether oxygens (including phenoxy) is 1. The summed E-state index contributed by atoms with van der Waals surface area (Å²) < 4.78 is 43.5. The first-order chi connectivity index (χ1) is 12.6. The molecule has 27 heavy (non-hydrogen) atoms. The van der Waals surface area contributed by atoms with E-state index in [1.165, 1.54) is 12.1 Å². The molecule has 2 aromatic rings. The van der Waals surface area contributed by atoms with Gasteiger partial charge >= 0.3 is 0 Å². The van der Waals surface area contributed by atoms with Gasteiger partial charge in [-0.1, -0.05) is 6.07 Å². The predicted molar refractivity (Wildman–Crippen MR) is 103 cm³/mol. The number of sulfonamides is 1. The van der Waals surface area contributed by atoms with E-state index in [-0.39, 0.29) is 18.8 Å². The average Bonchev–Trinajstić information content (AvgIpc) is 2.56. The second-order valence-electron chi connectivity index (χ2n) is 6.27. The minimum atomic E-state index is -3.69. The van der Waals surface area contributed by atoms with E-state index in [4.69, 9.17) is 4.74 Å². The summed E-state index contributed by atoms with van der Waals surface area (Å²) in [5.41, 5.74) is 2.38. The molecule has 0 heterocycles. The molecule has 0 spiro atoms. The monoisotopic (exact) mass is 394 g/mol. The molecule has 0 aliphatic carbocycles. The topological polar surface area (TPSA) is 75.7 Å². The van der Waals surface area contributed by atoms with Gasteiger partial charge in [-0.15, -0.1) is 0 Å². The standard InChI is InChI=1S/C19H23FN2O4S/c1-14-10-15(2)12-18(11-14)26-9-8-21-19(23)13-22(27(3,24)25)17-6-4-16(20)5-7-17/h4-7,10-12H,8-9,13H2,1-3H3,(H,21,23). The molecule has 2 rings (SSSR count). The Morgan fingerprint density at radius 2 is 1.70 bits per heavy atom. The number of hydrogen-bond donors (Lipinski definition) is 1. The number of amides is 1. The number of hydrogen-bond acceptors (Lipinski definition) is 4. The average molecular weight is 394 g/mol. The molecule has 6 nitrogen and oxygen atoms in total. The minimum absolute atomic E-state index is 0.223.